The summed E-state index contributed by atoms with van der Waals surface area (Å²) in [7, 11) is -3.88. The molecule has 0 aromatic heterocycles. The van der Waals surface area contributed by atoms with E-state index in [1.807, 2.05) is 13.0 Å². The highest BCUT2D eigenvalue weighted by Crippen LogP contribution is 2.39. The molecule has 1 aliphatic heterocycles. The van der Waals surface area contributed by atoms with Crippen LogP contribution in [-0.2, 0) is 10.0 Å². The van der Waals surface area contributed by atoms with Gasteiger partial charge in [-0.2, -0.15) is 4.31 Å². The molecule has 4 rings (SSSR count). The van der Waals surface area contributed by atoms with Gasteiger partial charge in [-0.3, -0.25) is 4.79 Å². The first-order valence-corrected chi connectivity index (χ1v) is 11.9. The van der Waals surface area contributed by atoms with E-state index in [9.17, 15) is 13.2 Å². The SMILES string of the molecule is Cc1ccc(S(=O)(=O)N2CCN(C(=O)c3ccccc3)C2c2ccc(Cl)cc2Cl)cc1. The second kappa shape index (κ2) is 8.63. The van der Waals surface area contributed by atoms with Crippen LogP contribution in [0.3, 0.4) is 0 Å². The molecular formula is C23H20Cl2N2O3S. The Morgan fingerprint density at radius 1 is 0.935 bits per heavy atom. The first kappa shape index (κ1) is 21.8. The van der Waals surface area contributed by atoms with Crippen molar-refractivity contribution in [3.8, 4) is 0 Å². The largest absolute Gasteiger partial charge is 0.316 e. The van der Waals surface area contributed by atoms with Gasteiger partial charge in [0.05, 0.1) is 4.90 Å². The number of rotatable bonds is 4. The zero-order valence-electron chi connectivity index (χ0n) is 16.7. The van der Waals surface area contributed by atoms with Crippen molar-refractivity contribution in [2.75, 3.05) is 13.1 Å². The molecule has 1 amide bonds. The summed E-state index contributed by atoms with van der Waals surface area (Å²) in [5.41, 5.74) is 1.94. The molecule has 0 radical (unpaired) electrons. The number of hydrogen-bond donors (Lipinski definition) is 0. The molecule has 1 heterocycles. The van der Waals surface area contributed by atoms with Gasteiger partial charge in [-0.05, 0) is 43.3 Å². The Morgan fingerprint density at radius 3 is 2.26 bits per heavy atom. The normalized spacial score (nSPS) is 17.1. The number of hydrogen-bond acceptors (Lipinski definition) is 3. The van der Waals surface area contributed by atoms with Crippen LogP contribution in [-0.4, -0.2) is 36.6 Å². The van der Waals surface area contributed by atoms with E-state index in [0.717, 1.165) is 5.56 Å². The summed E-state index contributed by atoms with van der Waals surface area (Å²) in [6.45, 7) is 2.28. The van der Waals surface area contributed by atoms with Crippen molar-refractivity contribution in [3.63, 3.8) is 0 Å². The summed E-state index contributed by atoms with van der Waals surface area (Å²) in [5.74, 6) is -0.266. The van der Waals surface area contributed by atoms with Crippen molar-refractivity contribution in [1.82, 2.24) is 9.21 Å². The van der Waals surface area contributed by atoms with E-state index < -0.39 is 16.2 Å². The van der Waals surface area contributed by atoms with Crippen molar-refractivity contribution < 1.29 is 13.2 Å². The highest BCUT2D eigenvalue weighted by Gasteiger charge is 2.44. The summed E-state index contributed by atoms with van der Waals surface area (Å²) < 4.78 is 28.4. The first-order chi connectivity index (χ1) is 14.8. The van der Waals surface area contributed by atoms with Crippen LogP contribution in [0, 0.1) is 6.92 Å². The maximum atomic E-state index is 13.5. The third-order valence-corrected chi connectivity index (χ3v) is 7.71. The Bertz CT molecular complexity index is 1220. The van der Waals surface area contributed by atoms with Crippen molar-refractivity contribution >= 4 is 39.1 Å². The molecule has 1 saturated heterocycles. The predicted molar refractivity (Wildman–Crippen MR) is 122 cm³/mol. The number of carbonyl (C=O) groups is 1. The average Bonchev–Trinajstić information content (AvgIpc) is 3.20. The Kier molecular flexibility index (Phi) is 6.08. The Labute approximate surface area is 191 Å². The van der Waals surface area contributed by atoms with E-state index >= 15 is 0 Å². The molecule has 3 aromatic carbocycles. The number of halogens is 2. The molecule has 1 atom stereocenters. The van der Waals surface area contributed by atoms with Crippen LogP contribution in [0.15, 0.2) is 77.7 Å². The van der Waals surface area contributed by atoms with Gasteiger partial charge in [-0.25, -0.2) is 8.42 Å². The lowest BCUT2D eigenvalue weighted by Gasteiger charge is -2.31. The molecule has 160 valence electrons. The Morgan fingerprint density at radius 2 is 1.61 bits per heavy atom. The van der Waals surface area contributed by atoms with Crippen molar-refractivity contribution in [3.05, 3.63) is 99.5 Å². The van der Waals surface area contributed by atoms with Crippen LogP contribution in [0.25, 0.3) is 0 Å². The molecule has 3 aromatic rings. The van der Waals surface area contributed by atoms with Crippen LogP contribution in [0.1, 0.15) is 27.7 Å². The van der Waals surface area contributed by atoms with Gasteiger partial charge < -0.3 is 4.90 Å². The smallest absolute Gasteiger partial charge is 0.255 e. The molecule has 1 fully saturated rings. The molecule has 0 spiro atoms. The van der Waals surface area contributed by atoms with Gasteiger partial charge in [0.15, 0.2) is 0 Å². The number of sulfonamides is 1. The molecule has 0 aliphatic carbocycles. The topological polar surface area (TPSA) is 57.7 Å². The molecule has 0 saturated carbocycles. The number of nitrogens with zero attached hydrogens (tertiary/aromatic N) is 2. The van der Waals surface area contributed by atoms with Crippen LogP contribution in [0.5, 0.6) is 0 Å². The summed E-state index contributed by atoms with van der Waals surface area (Å²) >= 11 is 12.5. The van der Waals surface area contributed by atoms with Gasteiger partial charge in [-0.1, -0.05) is 65.2 Å². The van der Waals surface area contributed by atoms with Crippen LogP contribution < -0.4 is 0 Å². The fourth-order valence-corrected chi connectivity index (χ4v) is 5.77. The number of amides is 1. The lowest BCUT2D eigenvalue weighted by atomic mass is 10.1. The average molecular weight is 475 g/mol. The lowest BCUT2D eigenvalue weighted by Crippen LogP contribution is -2.38. The third kappa shape index (κ3) is 4.21. The highest BCUT2D eigenvalue weighted by molar-refractivity contribution is 7.89. The molecular weight excluding hydrogens is 455 g/mol. The standard InChI is InChI=1S/C23H20Cl2N2O3S/c1-16-7-10-19(11-8-16)31(29,30)27-14-13-26(23(28)17-5-3-2-4-6-17)22(27)20-12-9-18(24)15-21(20)25/h2-12,15,22H,13-14H2,1H3. The summed E-state index contributed by atoms with van der Waals surface area (Å²) in [5, 5.41) is 0.731. The summed E-state index contributed by atoms with van der Waals surface area (Å²) in [6, 6.07) is 20.3. The Balaban J connectivity index is 1.81. The number of carbonyl (C=O) groups excluding carboxylic acids is 1. The molecule has 8 heteroatoms. The molecule has 1 aliphatic rings. The minimum atomic E-state index is -3.88. The second-order valence-corrected chi connectivity index (χ2v) is 10.1. The van der Waals surface area contributed by atoms with Crippen LogP contribution >= 0.6 is 23.2 Å². The van der Waals surface area contributed by atoms with E-state index in [-0.39, 0.29) is 23.9 Å². The molecule has 31 heavy (non-hydrogen) atoms. The first-order valence-electron chi connectivity index (χ1n) is 9.68. The zero-order valence-corrected chi connectivity index (χ0v) is 19.0. The van der Waals surface area contributed by atoms with E-state index in [1.54, 1.807) is 66.7 Å². The van der Waals surface area contributed by atoms with Crippen molar-refractivity contribution in [1.29, 1.82) is 0 Å². The number of aryl methyl sites for hydroxylation is 1. The lowest BCUT2D eigenvalue weighted by molar-refractivity contribution is 0.0693. The maximum absolute atomic E-state index is 13.5. The highest BCUT2D eigenvalue weighted by atomic mass is 35.5. The van der Waals surface area contributed by atoms with Crippen LogP contribution in [0.4, 0.5) is 0 Å². The fourth-order valence-electron chi connectivity index (χ4n) is 3.70. The second-order valence-electron chi connectivity index (χ2n) is 7.33. The quantitative estimate of drug-likeness (QED) is 0.525. The summed E-state index contributed by atoms with van der Waals surface area (Å²) in [6.07, 6.45) is -0.885. The van der Waals surface area contributed by atoms with Gasteiger partial charge >= 0.3 is 0 Å². The van der Waals surface area contributed by atoms with E-state index in [4.69, 9.17) is 23.2 Å². The van der Waals surface area contributed by atoms with Gasteiger partial charge in [0, 0.05) is 34.3 Å². The molecule has 5 nitrogen and oxygen atoms in total. The molecule has 0 N–H and O–H groups in total. The summed E-state index contributed by atoms with van der Waals surface area (Å²) in [4.78, 5) is 15.0. The van der Waals surface area contributed by atoms with Gasteiger partial charge in [-0.15, -0.1) is 0 Å². The van der Waals surface area contributed by atoms with E-state index in [0.29, 0.717) is 21.2 Å². The number of benzene rings is 3. The van der Waals surface area contributed by atoms with Crippen LogP contribution in [0.2, 0.25) is 10.0 Å². The van der Waals surface area contributed by atoms with Gasteiger partial charge in [0.1, 0.15) is 6.17 Å². The minimum absolute atomic E-state index is 0.151. The van der Waals surface area contributed by atoms with Gasteiger partial charge in [0.2, 0.25) is 10.0 Å². The van der Waals surface area contributed by atoms with E-state index in [2.05, 4.69) is 0 Å². The molecule has 1 unspecified atom stereocenters. The third-order valence-electron chi connectivity index (χ3n) is 5.28. The molecule has 0 bridgehead atoms. The van der Waals surface area contributed by atoms with E-state index in [1.165, 1.54) is 9.21 Å². The zero-order chi connectivity index (χ0) is 22.2. The monoisotopic (exact) mass is 474 g/mol. The van der Waals surface area contributed by atoms with Crippen molar-refractivity contribution in [2.45, 2.75) is 18.0 Å². The minimum Gasteiger partial charge on any atom is -0.316 e. The maximum Gasteiger partial charge on any atom is 0.255 e. The van der Waals surface area contributed by atoms with Crippen molar-refractivity contribution in [2.24, 2.45) is 0 Å². The Hall–Kier alpha value is -2.38. The van der Waals surface area contributed by atoms with Gasteiger partial charge in [0.25, 0.3) is 5.91 Å². The predicted octanol–water partition coefficient (Wildman–Crippen LogP) is 5.15. The fraction of sp³-hybridized carbons (Fsp3) is 0.174.